The number of ether oxygens (including phenoxy) is 3. The zero-order valence-electron chi connectivity index (χ0n) is 20.3. The van der Waals surface area contributed by atoms with E-state index in [1.54, 1.807) is 0 Å². The van der Waals surface area contributed by atoms with Crippen LogP contribution in [-0.2, 0) is 14.3 Å². The number of ketones is 2. The van der Waals surface area contributed by atoms with Gasteiger partial charge in [0.25, 0.3) is 0 Å². The fourth-order valence-electron chi connectivity index (χ4n) is 5.23. The zero-order valence-corrected chi connectivity index (χ0v) is 20.3. The Morgan fingerprint density at radius 1 is 1.00 bits per heavy atom. The molecule has 1 saturated heterocycles. The van der Waals surface area contributed by atoms with Gasteiger partial charge in [-0.25, -0.2) is 0 Å². The van der Waals surface area contributed by atoms with Crippen molar-refractivity contribution >= 4 is 17.5 Å². The summed E-state index contributed by atoms with van der Waals surface area (Å²) in [5.74, 6) is -1.83. The van der Waals surface area contributed by atoms with Gasteiger partial charge in [-0.15, -0.1) is 0 Å². The van der Waals surface area contributed by atoms with E-state index < -0.39 is 17.8 Å². The lowest BCUT2D eigenvalue weighted by atomic mass is 9.78. The van der Waals surface area contributed by atoms with Crippen molar-refractivity contribution in [2.24, 2.45) is 11.8 Å². The summed E-state index contributed by atoms with van der Waals surface area (Å²) in [6, 6.07) is 1.53. The average molecular weight is 478 g/mol. The molecule has 9 nitrogen and oxygen atoms in total. The summed E-state index contributed by atoms with van der Waals surface area (Å²) in [4.78, 5) is 39.9. The largest absolute Gasteiger partial charge is 0.507 e. The van der Waals surface area contributed by atoms with Gasteiger partial charge in [0.2, 0.25) is 0 Å². The van der Waals surface area contributed by atoms with Crippen molar-refractivity contribution < 1.29 is 38.8 Å². The molecule has 1 saturated carbocycles. The van der Waals surface area contributed by atoms with Gasteiger partial charge in [-0.3, -0.25) is 14.4 Å². The molecule has 2 atom stereocenters. The van der Waals surface area contributed by atoms with Crippen LogP contribution in [0.25, 0.3) is 0 Å². The maximum absolute atomic E-state index is 13.2. The lowest BCUT2D eigenvalue weighted by Crippen LogP contribution is -2.40. The monoisotopic (exact) mass is 477 g/mol. The van der Waals surface area contributed by atoms with Gasteiger partial charge < -0.3 is 29.3 Å². The van der Waals surface area contributed by atoms with Gasteiger partial charge in [-0.1, -0.05) is 0 Å². The molecule has 0 amide bonds. The molecule has 0 bridgehead atoms. The second-order valence-corrected chi connectivity index (χ2v) is 9.28. The highest BCUT2D eigenvalue weighted by Gasteiger charge is 2.36. The van der Waals surface area contributed by atoms with Gasteiger partial charge in [0.15, 0.2) is 5.78 Å². The SMILES string of the molecule is COC(=O)C1CCC(C(=O)CC(=O)c2c(OC)cc(OC)c([C@H]3CCN(C)C[C@H]3O)c2O)CC1. The minimum atomic E-state index is -0.749. The van der Waals surface area contributed by atoms with Gasteiger partial charge in [0, 0.05) is 30.0 Å². The number of carbonyl (C=O) groups excluding carboxylic acids is 3. The normalized spacial score (nSPS) is 25.4. The van der Waals surface area contributed by atoms with Crippen LogP contribution in [0.4, 0.5) is 0 Å². The van der Waals surface area contributed by atoms with Crippen molar-refractivity contribution in [3.63, 3.8) is 0 Å². The van der Waals surface area contributed by atoms with E-state index in [1.807, 2.05) is 11.9 Å². The van der Waals surface area contributed by atoms with Crippen LogP contribution < -0.4 is 9.47 Å². The molecule has 34 heavy (non-hydrogen) atoms. The first-order valence-electron chi connectivity index (χ1n) is 11.7. The first kappa shape index (κ1) is 26.0. The average Bonchev–Trinajstić information content (AvgIpc) is 2.83. The predicted octanol–water partition coefficient (Wildman–Crippen LogP) is 2.31. The van der Waals surface area contributed by atoms with Crippen LogP contribution in [0.15, 0.2) is 6.07 Å². The number of esters is 1. The Morgan fingerprint density at radius 3 is 2.18 bits per heavy atom. The Balaban J connectivity index is 1.83. The number of aromatic hydroxyl groups is 1. The third-order valence-corrected chi connectivity index (χ3v) is 7.19. The molecule has 0 spiro atoms. The highest BCUT2D eigenvalue weighted by Crippen LogP contribution is 2.46. The number of aliphatic hydroxyl groups is 1. The molecular weight excluding hydrogens is 442 g/mol. The number of likely N-dealkylation sites (tertiary alicyclic amines) is 1. The van der Waals surface area contributed by atoms with Crippen LogP contribution in [0.3, 0.4) is 0 Å². The minimum absolute atomic E-state index is 0.0685. The van der Waals surface area contributed by atoms with E-state index in [0.717, 1.165) is 0 Å². The van der Waals surface area contributed by atoms with E-state index in [2.05, 4.69) is 0 Å². The second-order valence-electron chi connectivity index (χ2n) is 9.28. The van der Waals surface area contributed by atoms with Crippen LogP contribution >= 0.6 is 0 Å². The standard InChI is InChI=1S/C25H35NO8/c1-26-10-9-16(19(29)13-26)22-20(32-2)12-21(33-3)23(24(22)30)18(28)11-17(27)14-5-7-15(8-6-14)25(31)34-4/h12,14-16,19,29-30H,5-11,13H2,1-4H3/t14?,15?,16-,19+/m0/s1. The number of β-amino-alcohol motifs (C(OH)–C–C–N with tert-alkyl or cyclic N) is 1. The number of hydrogen-bond donors (Lipinski definition) is 2. The number of nitrogens with zero attached hydrogens (tertiary/aromatic N) is 1. The van der Waals surface area contributed by atoms with Crippen molar-refractivity contribution in [1.29, 1.82) is 0 Å². The van der Waals surface area contributed by atoms with Crippen LogP contribution in [-0.4, -0.2) is 80.2 Å². The van der Waals surface area contributed by atoms with Crippen molar-refractivity contribution in [1.82, 2.24) is 4.90 Å². The fourth-order valence-corrected chi connectivity index (χ4v) is 5.23. The van der Waals surface area contributed by atoms with Crippen LogP contribution in [0.1, 0.15) is 60.4 Å². The van der Waals surface area contributed by atoms with Crippen molar-refractivity contribution in [3.05, 3.63) is 17.2 Å². The lowest BCUT2D eigenvalue weighted by Gasteiger charge is -2.35. The van der Waals surface area contributed by atoms with Gasteiger partial charge in [-0.05, 0) is 45.7 Å². The number of piperidine rings is 1. The molecule has 2 aliphatic rings. The van der Waals surface area contributed by atoms with Gasteiger partial charge in [0.1, 0.15) is 28.6 Å². The number of phenolic OH excluding ortho intramolecular Hbond substituents is 1. The highest BCUT2D eigenvalue weighted by atomic mass is 16.5. The van der Waals surface area contributed by atoms with Gasteiger partial charge in [-0.2, -0.15) is 0 Å². The topological polar surface area (TPSA) is 123 Å². The lowest BCUT2D eigenvalue weighted by molar-refractivity contribution is -0.147. The first-order chi connectivity index (χ1) is 16.2. The molecule has 2 fully saturated rings. The molecule has 0 aromatic heterocycles. The molecule has 0 unspecified atom stereocenters. The van der Waals surface area contributed by atoms with Crippen molar-refractivity contribution in [2.75, 3.05) is 41.5 Å². The quantitative estimate of drug-likeness (QED) is 0.330. The smallest absolute Gasteiger partial charge is 0.308 e. The fraction of sp³-hybridized carbons (Fsp3) is 0.640. The summed E-state index contributed by atoms with van der Waals surface area (Å²) < 4.78 is 15.6. The number of carbonyl (C=O) groups is 3. The van der Waals surface area contributed by atoms with Crippen LogP contribution in [0.2, 0.25) is 0 Å². The predicted molar refractivity (Wildman–Crippen MR) is 123 cm³/mol. The second kappa shape index (κ2) is 11.2. The number of benzene rings is 1. The molecule has 3 rings (SSSR count). The number of methoxy groups -OCH3 is 3. The van der Waals surface area contributed by atoms with E-state index in [-0.39, 0.29) is 47.1 Å². The zero-order chi connectivity index (χ0) is 25.0. The van der Waals surface area contributed by atoms with E-state index >= 15 is 0 Å². The Bertz CT molecular complexity index is 922. The number of phenols is 1. The summed E-state index contributed by atoms with van der Waals surface area (Å²) in [5.41, 5.74) is 0.291. The third-order valence-electron chi connectivity index (χ3n) is 7.19. The molecule has 0 radical (unpaired) electrons. The van der Waals surface area contributed by atoms with Gasteiger partial charge >= 0.3 is 5.97 Å². The van der Waals surface area contributed by atoms with E-state index in [0.29, 0.717) is 56.5 Å². The van der Waals surface area contributed by atoms with Crippen LogP contribution in [0.5, 0.6) is 17.2 Å². The maximum Gasteiger partial charge on any atom is 0.308 e. The highest BCUT2D eigenvalue weighted by molar-refractivity contribution is 6.11. The molecule has 188 valence electrons. The van der Waals surface area contributed by atoms with Crippen molar-refractivity contribution in [3.8, 4) is 17.2 Å². The first-order valence-corrected chi connectivity index (χ1v) is 11.7. The molecule has 9 heteroatoms. The molecular formula is C25H35NO8. The Labute approximate surface area is 200 Å². The Morgan fingerprint density at radius 2 is 1.62 bits per heavy atom. The molecule has 1 heterocycles. The number of Topliss-reactive ketones (excluding diaryl/α,β-unsaturated/α-hetero) is 2. The van der Waals surface area contributed by atoms with E-state index in [9.17, 15) is 24.6 Å². The van der Waals surface area contributed by atoms with Crippen molar-refractivity contribution in [2.45, 2.75) is 50.5 Å². The summed E-state index contributed by atoms with van der Waals surface area (Å²) in [7, 11) is 6.09. The van der Waals surface area contributed by atoms with Crippen LogP contribution in [0, 0.1) is 11.8 Å². The summed E-state index contributed by atoms with van der Waals surface area (Å²) in [5, 5.41) is 21.9. The molecule has 2 N–H and O–H groups in total. The Kier molecular flexibility index (Phi) is 8.54. The summed E-state index contributed by atoms with van der Waals surface area (Å²) >= 11 is 0. The molecule has 1 aliphatic heterocycles. The number of hydrogen-bond acceptors (Lipinski definition) is 9. The molecule has 1 aliphatic carbocycles. The number of likely N-dealkylation sites (N-methyl/N-ethyl adjacent to an activating group) is 1. The Hall–Kier alpha value is -2.65. The molecule has 1 aromatic rings. The third kappa shape index (κ3) is 5.36. The summed E-state index contributed by atoms with van der Waals surface area (Å²) in [6.07, 6.45) is 1.58. The maximum atomic E-state index is 13.2. The van der Waals surface area contributed by atoms with Gasteiger partial charge in [0.05, 0.1) is 39.8 Å². The summed E-state index contributed by atoms with van der Waals surface area (Å²) in [6.45, 7) is 1.14. The molecule has 1 aromatic carbocycles. The minimum Gasteiger partial charge on any atom is -0.507 e. The van der Waals surface area contributed by atoms with E-state index in [1.165, 1.54) is 27.4 Å². The number of rotatable bonds is 8. The van der Waals surface area contributed by atoms with E-state index in [4.69, 9.17) is 14.2 Å². The number of aliphatic hydroxyl groups excluding tert-OH is 1.